The topological polar surface area (TPSA) is 74.1 Å². The maximum absolute atomic E-state index is 13.6. The van der Waals surface area contributed by atoms with Gasteiger partial charge in [0.05, 0.1) is 12.1 Å². The van der Waals surface area contributed by atoms with Crippen LogP contribution in [-0.4, -0.2) is 33.8 Å². The third-order valence-corrected chi connectivity index (χ3v) is 6.60. The summed E-state index contributed by atoms with van der Waals surface area (Å²) in [5.41, 5.74) is 3.23. The van der Waals surface area contributed by atoms with Gasteiger partial charge in [-0.15, -0.1) is 0 Å². The summed E-state index contributed by atoms with van der Waals surface area (Å²) >= 11 is 1.39. The minimum Gasteiger partial charge on any atom is -0.352 e. The van der Waals surface area contributed by atoms with Crippen LogP contribution in [0.4, 0.5) is 10.1 Å². The molecule has 2 aliphatic heterocycles. The standard InChI is InChI=1S/C26H21FN4O2S/c27-19-10-6-9-18(13-19)16-34-26-29-21-12-5-4-11-20(21)24-30-25(33)22(31(24)26)14-23(32)28-15-17-7-2-1-3-8-17/h1-13,22H,14-16H2,(H,28,32). The van der Waals surface area contributed by atoms with E-state index < -0.39 is 6.04 Å². The lowest BCUT2D eigenvalue weighted by atomic mass is 10.1. The molecule has 6 nitrogen and oxygen atoms in total. The number of fused-ring (bicyclic) bond motifs is 3. The van der Waals surface area contributed by atoms with E-state index in [9.17, 15) is 14.0 Å². The monoisotopic (exact) mass is 472 g/mol. The molecule has 0 fully saturated rings. The van der Waals surface area contributed by atoms with Crippen LogP contribution in [0.3, 0.4) is 0 Å². The van der Waals surface area contributed by atoms with Crippen LogP contribution in [0.5, 0.6) is 0 Å². The number of rotatable bonds is 6. The molecule has 3 aromatic carbocycles. The second kappa shape index (κ2) is 9.61. The third-order valence-electron chi connectivity index (χ3n) is 5.58. The molecule has 1 atom stereocenters. The van der Waals surface area contributed by atoms with Crippen molar-refractivity contribution in [1.82, 2.24) is 10.2 Å². The summed E-state index contributed by atoms with van der Waals surface area (Å²) in [5, 5.41) is 3.45. The number of hydrogen-bond acceptors (Lipinski definition) is 5. The van der Waals surface area contributed by atoms with E-state index in [0.717, 1.165) is 16.7 Å². The Kier molecular flexibility index (Phi) is 6.22. The summed E-state index contributed by atoms with van der Waals surface area (Å²) < 4.78 is 13.6. The highest BCUT2D eigenvalue weighted by molar-refractivity contribution is 8.13. The summed E-state index contributed by atoms with van der Waals surface area (Å²) in [6.45, 7) is 0.381. The Hall–Kier alpha value is -3.78. The van der Waals surface area contributed by atoms with E-state index >= 15 is 0 Å². The van der Waals surface area contributed by atoms with E-state index in [0.29, 0.717) is 29.0 Å². The summed E-state index contributed by atoms with van der Waals surface area (Å²) in [6.07, 6.45) is -0.0413. The van der Waals surface area contributed by atoms with Crippen molar-refractivity contribution in [3.63, 3.8) is 0 Å². The van der Waals surface area contributed by atoms with Crippen LogP contribution in [0, 0.1) is 5.82 Å². The highest BCUT2D eigenvalue weighted by Crippen LogP contribution is 2.35. The number of aliphatic imine (C=N–C) groups is 2. The van der Waals surface area contributed by atoms with Crippen LogP contribution < -0.4 is 5.32 Å². The second-order valence-electron chi connectivity index (χ2n) is 7.96. The Balaban J connectivity index is 1.37. The molecule has 0 aliphatic carbocycles. The Labute approximate surface area is 200 Å². The number of carbonyl (C=O) groups is 2. The molecular weight excluding hydrogens is 451 g/mol. The molecule has 3 aromatic rings. The number of amidine groups is 2. The largest absolute Gasteiger partial charge is 0.352 e. The molecule has 0 radical (unpaired) electrons. The number of para-hydroxylation sites is 1. The smallest absolute Gasteiger partial charge is 0.271 e. The summed E-state index contributed by atoms with van der Waals surface area (Å²) in [6, 6.07) is 22.7. The first-order chi connectivity index (χ1) is 16.6. The quantitative estimate of drug-likeness (QED) is 0.576. The molecule has 2 amide bonds. The van der Waals surface area contributed by atoms with Gasteiger partial charge in [0.1, 0.15) is 17.7 Å². The highest BCUT2D eigenvalue weighted by atomic mass is 32.2. The molecule has 0 aromatic heterocycles. The second-order valence-corrected chi connectivity index (χ2v) is 8.90. The van der Waals surface area contributed by atoms with Gasteiger partial charge in [-0.1, -0.05) is 66.4 Å². The van der Waals surface area contributed by atoms with Gasteiger partial charge in [-0.2, -0.15) is 4.99 Å². The van der Waals surface area contributed by atoms with E-state index in [1.807, 2.05) is 60.7 Å². The van der Waals surface area contributed by atoms with Gasteiger partial charge in [0.15, 0.2) is 5.17 Å². The zero-order valence-electron chi connectivity index (χ0n) is 18.1. The van der Waals surface area contributed by atoms with Crippen molar-refractivity contribution in [2.24, 2.45) is 9.98 Å². The van der Waals surface area contributed by atoms with E-state index in [1.54, 1.807) is 11.0 Å². The fourth-order valence-corrected chi connectivity index (χ4v) is 4.91. The molecule has 0 bridgehead atoms. The van der Waals surface area contributed by atoms with Crippen LogP contribution >= 0.6 is 11.8 Å². The first-order valence-electron chi connectivity index (χ1n) is 10.9. The molecular formula is C26H21FN4O2S. The Morgan fingerprint density at radius 2 is 1.74 bits per heavy atom. The number of amides is 2. The molecule has 0 saturated heterocycles. The number of nitrogens with zero attached hydrogens (tertiary/aromatic N) is 3. The normalized spacial score (nSPS) is 16.4. The number of thioether (sulfide) groups is 1. The molecule has 34 heavy (non-hydrogen) atoms. The summed E-state index contributed by atoms with van der Waals surface area (Å²) in [7, 11) is 0. The summed E-state index contributed by atoms with van der Waals surface area (Å²) in [5.74, 6) is 0.0373. The maximum Gasteiger partial charge on any atom is 0.271 e. The molecule has 170 valence electrons. The fraction of sp³-hybridized carbons (Fsp3) is 0.154. The minimum absolute atomic E-state index is 0.0413. The van der Waals surface area contributed by atoms with Gasteiger partial charge in [-0.3, -0.25) is 14.5 Å². The maximum atomic E-state index is 13.6. The lowest BCUT2D eigenvalue weighted by Crippen LogP contribution is -2.45. The van der Waals surface area contributed by atoms with Crippen molar-refractivity contribution in [1.29, 1.82) is 0 Å². The molecule has 1 N–H and O–H groups in total. The number of carbonyl (C=O) groups excluding carboxylic acids is 2. The van der Waals surface area contributed by atoms with Crippen LogP contribution in [0.25, 0.3) is 0 Å². The van der Waals surface area contributed by atoms with Gasteiger partial charge >= 0.3 is 0 Å². The number of nitrogens with one attached hydrogen (secondary N) is 1. The molecule has 5 rings (SSSR count). The lowest BCUT2D eigenvalue weighted by Gasteiger charge is -2.30. The van der Waals surface area contributed by atoms with E-state index in [1.165, 1.54) is 23.9 Å². The SMILES string of the molecule is O=C(CC1C(=O)N=C2c3ccccc3N=C(SCc3cccc(F)c3)N21)NCc1ccccc1. The average Bonchev–Trinajstić information content (AvgIpc) is 3.18. The van der Waals surface area contributed by atoms with Gasteiger partial charge < -0.3 is 5.32 Å². The Morgan fingerprint density at radius 1 is 0.971 bits per heavy atom. The van der Waals surface area contributed by atoms with Crippen molar-refractivity contribution < 1.29 is 14.0 Å². The van der Waals surface area contributed by atoms with Crippen molar-refractivity contribution in [2.75, 3.05) is 0 Å². The third kappa shape index (κ3) is 4.63. The fourth-order valence-electron chi connectivity index (χ4n) is 3.92. The Bertz CT molecular complexity index is 1310. The van der Waals surface area contributed by atoms with Crippen LogP contribution in [0.1, 0.15) is 23.1 Å². The first kappa shape index (κ1) is 22.0. The van der Waals surface area contributed by atoms with Crippen molar-refractivity contribution in [3.05, 3.63) is 101 Å². The average molecular weight is 473 g/mol. The zero-order valence-corrected chi connectivity index (χ0v) is 19.0. The van der Waals surface area contributed by atoms with Crippen molar-refractivity contribution in [3.8, 4) is 0 Å². The molecule has 1 unspecified atom stereocenters. The van der Waals surface area contributed by atoms with Crippen LogP contribution in [0.2, 0.25) is 0 Å². The van der Waals surface area contributed by atoms with Gasteiger partial charge in [-0.05, 0) is 35.4 Å². The van der Waals surface area contributed by atoms with Gasteiger partial charge in [-0.25, -0.2) is 9.38 Å². The molecule has 2 aliphatic rings. The van der Waals surface area contributed by atoms with E-state index in [-0.39, 0.29) is 24.1 Å². The summed E-state index contributed by atoms with van der Waals surface area (Å²) in [4.78, 5) is 36.4. The van der Waals surface area contributed by atoms with Crippen LogP contribution in [0.15, 0.2) is 88.8 Å². The predicted molar refractivity (Wildman–Crippen MR) is 131 cm³/mol. The minimum atomic E-state index is -0.780. The van der Waals surface area contributed by atoms with Gasteiger partial charge in [0.25, 0.3) is 5.91 Å². The molecule has 0 saturated carbocycles. The van der Waals surface area contributed by atoms with E-state index in [4.69, 9.17) is 4.99 Å². The molecule has 0 spiro atoms. The van der Waals surface area contributed by atoms with Crippen LogP contribution in [-0.2, 0) is 21.9 Å². The number of halogens is 1. The Morgan fingerprint density at radius 3 is 2.56 bits per heavy atom. The van der Waals surface area contributed by atoms with Crippen molar-refractivity contribution >= 4 is 40.3 Å². The highest BCUT2D eigenvalue weighted by Gasteiger charge is 2.42. The molecule has 8 heteroatoms. The van der Waals surface area contributed by atoms with Gasteiger partial charge in [0.2, 0.25) is 5.91 Å². The van der Waals surface area contributed by atoms with Gasteiger partial charge in [0, 0.05) is 17.9 Å². The molecule has 2 heterocycles. The first-order valence-corrected chi connectivity index (χ1v) is 11.8. The van der Waals surface area contributed by atoms with Crippen molar-refractivity contribution in [2.45, 2.75) is 24.8 Å². The zero-order chi connectivity index (χ0) is 23.5. The predicted octanol–water partition coefficient (Wildman–Crippen LogP) is 4.42. The van der Waals surface area contributed by atoms with E-state index in [2.05, 4.69) is 10.3 Å². The number of hydrogen-bond donors (Lipinski definition) is 1. The lowest BCUT2D eigenvalue weighted by molar-refractivity contribution is -0.126. The number of benzene rings is 3.